The Morgan fingerprint density at radius 2 is 1.06 bits per heavy atom. The average molecular weight is 264 g/mol. The van der Waals surface area contributed by atoms with E-state index in [-0.39, 0.29) is 5.48 Å². The van der Waals surface area contributed by atoms with Crippen molar-refractivity contribution in [2.45, 2.75) is 92.9 Å². The number of ether oxygens (including phenoxy) is 1. The van der Waals surface area contributed by atoms with Crippen molar-refractivity contribution < 1.29 is 10.2 Å². The summed E-state index contributed by atoms with van der Waals surface area (Å²) in [4.78, 5) is 0. The van der Waals surface area contributed by atoms with Gasteiger partial charge in [0.25, 0.3) is 0 Å². The Bertz CT molecular complexity index is 75.2. The van der Waals surface area contributed by atoms with Crippen molar-refractivity contribution in [1.29, 1.82) is 0 Å². The molecule has 0 unspecified atom stereocenters. The van der Waals surface area contributed by atoms with Crippen LogP contribution in [-0.4, -0.2) is 18.7 Å². The highest BCUT2D eigenvalue weighted by Gasteiger charge is 1.87. The van der Waals surface area contributed by atoms with E-state index in [4.69, 9.17) is 4.74 Å². The van der Waals surface area contributed by atoms with Crippen molar-refractivity contribution in [2.75, 3.05) is 13.2 Å². The molecule has 0 aliphatic heterocycles. The molecule has 2 nitrogen and oxygen atoms in total. The van der Waals surface area contributed by atoms with Crippen LogP contribution in [0.2, 0.25) is 0 Å². The van der Waals surface area contributed by atoms with Crippen molar-refractivity contribution >= 4 is 0 Å². The third-order valence-corrected chi connectivity index (χ3v) is 2.10. The summed E-state index contributed by atoms with van der Waals surface area (Å²) in [6, 6.07) is 0. The first kappa shape index (κ1) is 26.5. The fourth-order valence-electron chi connectivity index (χ4n) is 0.952. The number of rotatable bonds is 8. The van der Waals surface area contributed by atoms with Gasteiger partial charge in [-0.1, -0.05) is 79.6 Å². The lowest BCUT2D eigenvalue weighted by atomic mass is 10.2. The summed E-state index contributed by atoms with van der Waals surface area (Å²) in [5, 5.41) is 0. The molecule has 0 saturated carbocycles. The third kappa shape index (κ3) is 56.5. The van der Waals surface area contributed by atoms with Crippen molar-refractivity contribution in [3.8, 4) is 0 Å². The molecule has 2 heteroatoms. The molecule has 0 saturated heterocycles. The highest BCUT2D eigenvalue weighted by molar-refractivity contribution is 4.40. The van der Waals surface area contributed by atoms with E-state index in [0.717, 1.165) is 13.2 Å². The molecule has 0 amide bonds. The molecule has 0 aromatic heterocycles. The molecule has 0 heterocycles. The maximum absolute atomic E-state index is 5.21. The monoisotopic (exact) mass is 264 g/mol. The maximum atomic E-state index is 5.21. The van der Waals surface area contributed by atoms with Crippen LogP contribution >= 0.6 is 0 Å². The molecule has 18 heavy (non-hydrogen) atoms. The Hall–Kier alpha value is -0.0800. The topological polar surface area (TPSA) is 40.7 Å². The lowest BCUT2D eigenvalue weighted by molar-refractivity contribution is 0.143. The van der Waals surface area contributed by atoms with Gasteiger partial charge >= 0.3 is 0 Å². The Kier molecular flexibility index (Phi) is 52.9. The summed E-state index contributed by atoms with van der Waals surface area (Å²) in [6.45, 7) is 14.7. The second kappa shape index (κ2) is 36.0. The molecule has 0 aromatic rings. The smallest absolute Gasteiger partial charge is 0.0465 e. The van der Waals surface area contributed by atoms with Gasteiger partial charge in [-0.15, -0.1) is 0 Å². The Labute approximate surface area is 117 Å². The lowest BCUT2D eigenvalue weighted by Crippen LogP contribution is -1.92. The molecule has 0 atom stereocenters. The van der Waals surface area contributed by atoms with E-state index in [1.54, 1.807) is 0 Å². The van der Waals surface area contributed by atoms with Crippen LogP contribution in [0.1, 0.15) is 92.9 Å². The lowest BCUT2D eigenvalue weighted by Gasteiger charge is -1.99. The largest absolute Gasteiger partial charge is 0.412 e. The molecule has 0 aliphatic carbocycles. The summed E-state index contributed by atoms with van der Waals surface area (Å²) in [6.07, 6.45) is 10.6. The minimum atomic E-state index is 0. The van der Waals surface area contributed by atoms with Crippen LogP contribution in [0.25, 0.3) is 0 Å². The van der Waals surface area contributed by atoms with Crippen LogP contribution in [0, 0.1) is 0 Å². The number of hydrogen-bond donors (Lipinski definition) is 0. The fraction of sp³-hybridized carbons (Fsp3) is 1.00. The molecule has 0 spiro atoms. The van der Waals surface area contributed by atoms with Gasteiger partial charge in [0, 0.05) is 13.2 Å². The summed E-state index contributed by atoms with van der Waals surface area (Å²) in [7, 11) is 0. The molecule has 0 bridgehead atoms. The summed E-state index contributed by atoms with van der Waals surface area (Å²) < 4.78 is 5.21. The first-order valence-corrected chi connectivity index (χ1v) is 7.82. The number of unbranched alkanes of at least 4 members (excludes halogenated alkanes) is 5. The SMILES string of the molecule is CCC.CCCC.CCCCCCCOCC.O. The van der Waals surface area contributed by atoms with Gasteiger partial charge in [-0.05, 0) is 13.3 Å². The molecule has 0 fully saturated rings. The van der Waals surface area contributed by atoms with E-state index in [1.807, 2.05) is 6.92 Å². The Balaban J connectivity index is -0.000000103. The molecular formula is C16H40O2. The first-order valence-electron chi connectivity index (χ1n) is 7.82. The molecule has 0 aliphatic rings. The third-order valence-electron chi connectivity index (χ3n) is 2.10. The van der Waals surface area contributed by atoms with Gasteiger partial charge in [-0.3, -0.25) is 0 Å². The van der Waals surface area contributed by atoms with Crippen LogP contribution in [0.4, 0.5) is 0 Å². The highest BCUT2D eigenvalue weighted by Crippen LogP contribution is 2.01. The normalized spacial score (nSPS) is 8.33. The van der Waals surface area contributed by atoms with Crippen LogP contribution in [0.3, 0.4) is 0 Å². The van der Waals surface area contributed by atoms with Crippen molar-refractivity contribution in [3.05, 3.63) is 0 Å². The van der Waals surface area contributed by atoms with Crippen molar-refractivity contribution in [2.24, 2.45) is 0 Å². The highest BCUT2D eigenvalue weighted by atomic mass is 16.5. The summed E-state index contributed by atoms with van der Waals surface area (Å²) in [5.74, 6) is 0. The zero-order valence-corrected chi connectivity index (χ0v) is 14.0. The predicted molar refractivity (Wildman–Crippen MR) is 85.4 cm³/mol. The van der Waals surface area contributed by atoms with E-state index in [2.05, 4.69) is 34.6 Å². The van der Waals surface area contributed by atoms with Crippen LogP contribution < -0.4 is 0 Å². The van der Waals surface area contributed by atoms with Gasteiger partial charge in [0.05, 0.1) is 0 Å². The second-order valence-electron chi connectivity index (χ2n) is 4.32. The van der Waals surface area contributed by atoms with Crippen LogP contribution in [0.5, 0.6) is 0 Å². The Morgan fingerprint density at radius 3 is 1.39 bits per heavy atom. The van der Waals surface area contributed by atoms with E-state index in [1.165, 1.54) is 51.4 Å². The van der Waals surface area contributed by atoms with Gasteiger partial charge in [0.15, 0.2) is 0 Å². The molecule has 2 N–H and O–H groups in total. The van der Waals surface area contributed by atoms with E-state index in [0.29, 0.717) is 0 Å². The van der Waals surface area contributed by atoms with E-state index >= 15 is 0 Å². The second-order valence-corrected chi connectivity index (χ2v) is 4.32. The van der Waals surface area contributed by atoms with E-state index < -0.39 is 0 Å². The van der Waals surface area contributed by atoms with Gasteiger partial charge in [0.1, 0.15) is 0 Å². The zero-order chi connectivity index (χ0) is 13.8. The molecule has 0 aromatic carbocycles. The quantitative estimate of drug-likeness (QED) is 0.542. The Morgan fingerprint density at radius 1 is 0.611 bits per heavy atom. The van der Waals surface area contributed by atoms with Crippen molar-refractivity contribution in [3.63, 3.8) is 0 Å². The van der Waals surface area contributed by atoms with Crippen LogP contribution in [-0.2, 0) is 4.74 Å². The average Bonchev–Trinajstić information content (AvgIpc) is 2.35. The maximum Gasteiger partial charge on any atom is 0.0465 e. The van der Waals surface area contributed by atoms with Crippen LogP contribution in [0.15, 0.2) is 0 Å². The van der Waals surface area contributed by atoms with Gasteiger partial charge in [-0.25, -0.2) is 0 Å². The van der Waals surface area contributed by atoms with Gasteiger partial charge in [-0.2, -0.15) is 0 Å². The van der Waals surface area contributed by atoms with Crippen molar-refractivity contribution in [1.82, 2.24) is 0 Å². The molecule has 0 radical (unpaired) electrons. The number of hydrogen-bond acceptors (Lipinski definition) is 1. The summed E-state index contributed by atoms with van der Waals surface area (Å²) in [5.41, 5.74) is 0. The zero-order valence-electron chi connectivity index (χ0n) is 14.0. The first-order chi connectivity index (χ1) is 8.24. The van der Waals surface area contributed by atoms with Gasteiger partial charge in [0.2, 0.25) is 0 Å². The molecule has 116 valence electrons. The predicted octanol–water partition coefficient (Wildman–Crippen LogP) is 5.39. The molecular weight excluding hydrogens is 224 g/mol. The fourth-order valence-corrected chi connectivity index (χ4v) is 0.952. The van der Waals surface area contributed by atoms with Gasteiger partial charge < -0.3 is 10.2 Å². The molecule has 0 rings (SSSR count). The standard InChI is InChI=1S/C9H20O.C4H10.C3H8.H2O/c1-3-5-6-7-8-9-10-4-2;1-3-4-2;1-3-2;/h3-9H2,1-2H3;3-4H2,1-2H3;3H2,1-2H3;1H2. The van der Waals surface area contributed by atoms with E-state index in [9.17, 15) is 0 Å². The summed E-state index contributed by atoms with van der Waals surface area (Å²) >= 11 is 0. The minimum Gasteiger partial charge on any atom is -0.412 e. The minimum absolute atomic E-state index is 0.